The van der Waals surface area contributed by atoms with Gasteiger partial charge in [0.2, 0.25) is 11.7 Å². The standard InChI is InChI=1S/C15H16FN3O3/c1-19(2)14(20)7-8-17-15(21)13-9-12(18-22-13)10-3-5-11(16)6-4-10/h3-6,9H,7-8H2,1-2H3,(H,17,21). The van der Waals surface area contributed by atoms with Gasteiger partial charge in [0, 0.05) is 38.7 Å². The molecule has 0 fully saturated rings. The van der Waals surface area contributed by atoms with E-state index in [1.54, 1.807) is 26.2 Å². The second-order valence-electron chi connectivity index (χ2n) is 4.88. The summed E-state index contributed by atoms with van der Waals surface area (Å²) in [6.45, 7) is 0.211. The number of benzene rings is 1. The van der Waals surface area contributed by atoms with Crippen molar-refractivity contribution in [1.82, 2.24) is 15.4 Å². The molecule has 0 aliphatic carbocycles. The highest BCUT2D eigenvalue weighted by atomic mass is 19.1. The minimum absolute atomic E-state index is 0.0385. The lowest BCUT2D eigenvalue weighted by atomic mass is 10.1. The molecule has 116 valence electrons. The van der Waals surface area contributed by atoms with E-state index >= 15 is 0 Å². The smallest absolute Gasteiger partial charge is 0.289 e. The van der Waals surface area contributed by atoms with E-state index in [0.29, 0.717) is 11.3 Å². The van der Waals surface area contributed by atoms with Gasteiger partial charge in [-0.1, -0.05) is 5.16 Å². The second kappa shape index (κ2) is 6.84. The summed E-state index contributed by atoms with van der Waals surface area (Å²) in [6, 6.07) is 7.17. The summed E-state index contributed by atoms with van der Waals surface area (Å²) in [6.07, 6.45) is 0.206. The normalized spacial score (nSPS) is 10.3. The Hall–Kier alpha value is -2.70. The molecule has 2 amide bonds. The molecule has 0 aliphatic heterocycles. The molecule has 1 aromatic carbocycles. The Balaban J connectivity index is 1.94. The maximum absolute atomic E-state index is 12.9. The topological polar surface area (TPSA) is 75.4 Å². The van der Waals surface area contributed by atoms with Crippen LogP contribution in [0.1, 0.15) is 17.0 Å². The average Bonchev–Trinajstić information content (AvgIpc) is 2.97. The van der Waals surface area contributed by atoms with Crippen LogP contribution < -0.4 is 5.32 Å². The molecule has 0 aliphatic rings. The molecule has 1 N–H and O–H groups in total. The molecule has 7 heteroatoms. The van der Waals surface area contributed by atoms with Crippen LogP contribution in [-0.2, 0) is 4.79 Å². The Labute approximate surface area is 126 Å². The number of amides is 2. The minimum atomic E-state index is -0.451. The predicted molar refractivity (Wildman–Crippen MR) is 77.5 cm³/mol. The molecule has 1 heterocycles. The lowest BCUT2D eigenvalue weighted by molar-refractivity contribution is -0.128. The highest BCUT2D eigenvalue weighted by Gasteiger charge is 2.14. The first-order valence-corrected chi connectivity index (χ1v) is 6.68. The van der Waals surface area contributed by atoms with Crippen LogP contribution in [0.4, 0.5) is 4.39 Å². The molecule has 0 saturated heterocycles. The zero-order valence-corrected chi connectivity index (χ0v) is 12.3. The van der Waals surface area contributed by atoms with Crippen LogP contribution in [0.3, 0.4) is 0 Å². The van der Waals surface area contributed by atoms with Crippen molar-refractivity contribution < 1.29 is 18.5 Å². The third-order valence-electron chi connectivity index (χ3n) is 3.00. The number of nitrogens with one attached hydrogen (secondary N) is 1. The Bertz CT molecular complexity index is 665. The Morgan fingerprint density at radius 3 is 2.59 bits per heavy atom. The van der Waals surface area contributed by atoms with Crippen molar-refractivity contribution in [3.63, 3.8) is 0 Å². The van der Waals surface area contributed by atoms with Crippen LogP contribution in [0.15, 0.2) is 34.9 Å². The SMILES string of the molecule is CN(C)C(=O)CCNC(=O)c1cc(-c2ccc(F)cc2)no1. The maximum atomic E-state index is 12.9. The van der Waals surface area contributed by atoms with Crippen molar-refractivity contribution in [2.45, 2.75) is 6.42 Å². The monoisotopic (exact) mass is 305 g/mol. The molecule has 0 radical (unpaired) electrons. The van der Waals surface area contributed by atoms with Crippen LogP contribution in [-0.4, -0.2) is 42.5 Å². The highest BCUT2D eigenvalue weighted by Crippen LogP contribution is 2.19. The van der Waals surface area contributed by atoms with Gasteiger partial charge in [0.05, 0.1) is 0 Å². The lowest BCUT2D eigenvalue weighted by Crippen LogP contribution is -2.29. The van der Waals surface area contributed by atoms with Gasteiger partial charge in [0.1, 0.15) is 11.5 Å². The zero-order chi connectivity index (χ0) is 16.1. The van der Waals surface area contributed by atoms with Crippen molar-refractivity contribution in [3.8, 4) is 11.3 Å². The van der Waals surface area contributed by atoms with Crippen molar-refractivity contribution in [2.24, 2.45) is 0 Å². The number of hydrogen-bond acceptors (Lipinski definition) is 4. The van der Waals surface area contributed by atoms with Gasteiger partial charge >= 0.3 is 0 Å². The van der Waals surface area contributed by atoms with Crippen LogP contribution in [0, 0.1) is 5.82 Å². The molecule has 0 bridgehead atoms. The van der Waals surface area contributed by atoms with Crippen molar-refractivity contribution in [2.75, 3.05) is 20.6 Å². The number of aromatic nitrogens is 1. The molecule has 0 saturated carbocycles. The first-order chi connectivity index (χ1) is 10.5. The lowest BCUT2D eigenvalue weighted by Gasteiger charge is -2.09. The third-order valence-corrected chi connectivity index (χ3v) is 3.00. The van der Waals surface area contributed by atoms with Crippen molar-refractivity contribution in [3.05, 3.63) is 41.9 Å². The molecule has 0 spiro atoms. The van der Waals surface area contributed by atoms with Gasteiger partial charge in [-0.15, -0.1) is 0 Å². The van der Waals surface area contributed by atoms with Gasteiger partial charge < -0.3 is 14.7 Å². The first kappa shape index (κ1) is 15.7. The van der Waals surface area contributed by atoms with Crippen LogP contribution >= 0.6 is 0 Å². The first-order valence-electron chi connectivity index (χ1n) is 6.68. The molecule has 0 atom stereocenters. The summed E-state index contributed by atoms with van der Waals surface area (Å²) in [7, 11) is 3.30. The third kappa shape index (κ3) is 3.91. The summed E-state index contributed by atoms with van der Waals surface area (Å²) >= 11 is 0. The number of carbonyl (C=O) groups is 2. The molecule has 1 aromatic heterocycles. The summed E-state index contributed by atoms with van der Waals surface area (Å²) in [4.78, 5) is 24.7. The largest absolute Gasteiger partial charge is 0.350 e. The Morgan fingerprint density at radius 2 is 1.95 bits per heavy atom. The summed E-state index contributed by atoms with van der Waals surface area (Å²) in [5, 5.41) is 6.35. The number of rotatable bonds is 5. The van der Waals surface area contributed by atoms with Gasteiger partial charge in [-0.3, -0.25) is 9.59 Å². The fourth-order valence-corrected chi connectivity index (χ4v) is 1.73. The number of hydrogen-bond donors (Lipinski definition) is 1. The van der Waals surface area contributed by atoms with Gasteiger partial charge in [0.25, 0.3) is 5.91 Å². The molecule has 0 unspecified atom stereocenters. The van der Waals surface area contributed by atoms with Crippen molar-refractivity contribution in [1.29, 1.82) is 0 Å². The van der Waals surface area contributed by atoms with Gasteiger partial charge in [-0.25, -0.2) is 4.39 Å². The number of nitrogens with zero attached hydrogens (tertiary/aromatic N) is 2. The molecular weight excluding hydrogens is 289 g/mol. The van der Waals surface area contributed by atoms with Gasteiger partial charge in [-0.2, -0.15) is 0 Å². The minimum Gasteiger partial charge on any atom is -0.350 e. The Morgan fingerprint density at radius 1 is 1.27 bits per heavy atom. The van der Waals surface area contributed by atoms with E-state index in [1.165, 1.54) is 23.1 Å². The van der Waals surface area contributed by atoms with Crippen LogP contribution in [0.2, 0.25) is 0 Å². The van der Waals surface area contributed by atoms with E-state index in [4.69, 9.17) is 4.52 Å². The fraction of sp³-hybridized carbons (Fsp3) is 0.267. The van der Waals surface area contributed by atoms with Crippen LogP contribution in [0.25, 0.3) is 11.3 Å². The predicted octanol–water partition coefficient (Wildman–Crippen LogP) is 1.69. The van der Waals surface area contributed by atoms with E-state index in [0.717, 1.165) is 0 Å². The zero-order valence-electron chi connectivity index (χ0n) is 12.3. The van der Waals surface area contributed by atoms with Crippen LogP contribution in [0.5, 0.6) is 0 Å². The summed E-state index contributed by atoms with van der Waals surface area (Å²) < 4.78 is 17.8. The van der Waals surface area contributed by atoms with E-state index in [2.05, 4.69) is 10.5 Å². The molecular formula is C15H16FN3O3. The van der Waals surface area contributed by atoms with E-state index < -0.39 is 5.91 Å². The molecule has 2 rings (SSSR count). The van der Waals surface area contributed by atoms with E-state index in [9.17, 15) is 14.0 Å². The molecule has 22 heavy (non-hydrogen) atoms. The fourth-order valence-electron chi connectivity index (χ4n) is 1.73. The summed E-state index contributed by atoms with van der Waals surface area (Å²) in [5.41, 5.74) is 1.08. The average molecular weight is 305 g/mol. The summed E-state index contributed by atoms with van der Waals surface area (Å²) in [5.74, 6) is -0.843. The molecule has 2 aromatic rings. The second-order valence-corrected chi connectivity index (χ2v) is 4.88. The van der Waals surface area contributed by atoms with Crippen molar-refractivity contribution >= 4 is 11.8 Å². The highest BCUT2D eigenvalue weighted by molar-refractivity contribution is 5.92. The number of carbonyl (C=O) groups excluding carboxylic acids is 2. The van der Waals surface area contributed by atoms with E-state index in [-0.39, 0.29) is 30.5 Å². The van der Waals surface area contributed by atoms with Gasteiger partial charge in [-0.05, 0) is 24.3 Å². The quantitative estimate of drug-likeness (QED) is 0.912. The maximum Gasteiger partial charge on any atom is 0.289 e. The molecule has 6 nitrogen and oxygen atoms in total. The number of halogens is 1. The van der Waals surface area contributed by atoms with Gasteiger partial charge in [0.15, 0.2) is 0 Å². The Kier molecular flexibility index (Phi) is 4.88. The van der Waals surface area contributed by atoms with E-state index in [1.807, 2.05) is 0 Å².